The first-order valence-corrected chi connectivity index (χ1v) is 18.7. The standard InChI is InChI=1S/C39H50F3N7O7/c1-3-4-7-13-36(50)56-55-23-22-53-21-20-52-18-8-5-6-9-19-54-32-14-15-33(39(40,41)42)30(25-32)26-45-38(51)29-11-10-12-31(24-29)44-27-35-47-48-37(49(35)2)34-16-17-43-28-46-34/h10-12,14-17,24-25,28,44H,3-9,13,18-23,26-27H2,1-2H3,(H,45,51). The fourth-order valence-corrected chi connectivity index (χ4v) is 5.41. The van der Waals surface area contributed by atoms with Crippen LogP contribution in [0.15, 0.2) is 61.1 Å². The Balaban J connectivity index is 1.12. The number of alkyl halides is 3. The van der Waals surface area contributed by atoms with Crippen molar-refractivity contribution >= 4 is 17.6 Å². The van der Waals surface area contributed by atoms with E-state index in [0.29, 0.717) is 74.6 Å². The van der Waals surface area contributed by atoms with Crippen LogP contribution in [0.1, 0.15) is 85.6 Å². The van der Waals surface area contributed by atoms with Crippen LogP contribution in [0.4, 0.5) is 18.9 Å². The zero-order valence-corrected chi connectivity index (χ0v) is 31.8. The summed E-state index contributed by atoms with van der Waals surface area (Å²) in [5.74, 6) is 0.578. The predicted molar refractivity (Wildman–Crippen MR) is 200 cm³/mol. The Morgan fingerprint density at radius 2 is 1.62 bits per heavy atom. The number of aromatic nitrogens is 5. The molecule has 2 N–H and O–H groups in total. The lowest BCUT2D eigenvalue weighted by Gasteiger charge is -2.16. The Hall–Kier alpha value is -5.13. The minimum atomic E-state index is -4.61. The lowest BCUT2D eigenvalue weighted by molar-refractivity contribution is -0.276. The van der Waals surface area contributed by atoms with Crippen molar-refractivity contribution in [3.05, 3.63) is 83.6 Å². The Bertz CT molecular complexity index is 1780. The average Bonchev–Trinajstić information content (AvgIpc) is 3.57. The molecule has 2 heterocycles. The molecule has 17 heteroatoms. The third kappa shape index (κ3) is 15.2. The predicted octanol–water partition coefficient (Wildman–Crippen LogP) is 6.86. The van der Waals surface area contributed by atoms with Crippen molar-refractivity contribution in [1.82, 2.24) is 30.0 Å². The molecule has 0 atom stereocenters. The maximum absolute atomic E-state index is 13.9. The molecule has 4 aromatic rings. The van der Waals surface area contributed by atoms with Gasteiger partial charge in [-0.25, -0.2) is 14.8 Å². The van der Waals surface area contributed by atoms with Crippen molar-refractivity contribution in [2.24, 2.45) is 7.05 Å². The number of amides is 1. The third-order valence-electron chi connectivity index (χ3n) is 8.44. The lowest BCUT2D eigenvalue weighted by atomic mass is 10.1. The van der Waals surface area contributed by atoms with Gasteiger partial charge in [-0.15, -0.1) is 10.2 Å². The van der Waals surface area contributed by atoms with Crippen LogP contribution >= 0.6 is 0 Å². The summed E-state index contributed by atoms with van der Waals surface area (Å²) >= 11 is 0. The van der Waals surface area contributed by atoms with Crippen LogP contribution in [0.25, 0.3) is 11.5 Å². The van der Waals surface area contributed by atoms with Gasteiger partial charge in [-0.3, -0.25) is 9.68 Å². The molecule has 4 rings (SSSR count). The van der Waals surface area contributed by atoms with Crippen LogP contribution in [0.3, 0.4) is 0 Å². The number of nitrogens with zero attached hydrogens (tertiary/aromatic N) is 5. The number of carbonyl (C=O) groups excluding carboxylic acids is 2. The van der Waals surface area contributed by atoms with E-state index in [1.807, 2.05) is 7.05 Å². The molecular weight excluding hydrogens is 735 g/mol. The van der Waals surface area contributed by atoms with E-state index in [1.54, 1.807) is 41.1 Å². The monoisotopic (exact) mass is 785 g/mol. The largest absolute Gasteiger partial charge is 0.494 e. The van der Waals surface area contributed by atoms with Crippen molar-refractivity contribution in [3.63, 3.8) is 0 Å². The summed E-state index contributed by atoms with van der Waals surface area (Å²) in [6.45, 7) is 4.17. The van der Waals surface area contributed by atoms with E-state index in [9.17, 15) is 22.8 Å². The second-order valence-corrected chi connectivity index (χ2v) is 12.7. The number of nitrogens with one attached hydrogen (secondary N) is 2. The van der Waals surface area contributed by atoms with Gasteiger partial charge < -0.3 is 29.4 Å². The minimum absolute atomic E-state index is 0.103. The third-order valence-corrected chi connectivity index (χ3v) is 8.44. The fourth-order valence-electron chi connectivity index (χ4n) is 5.41. The van der Waals surface area contributed by atoms with Crippen LogP contribution in [-0.4, -0.2) is 76.3 Å². The molecule has 0 saturated heterocycles. The molecule has 0 radical (unpaired) electrons. The van der Waals surface area contributed by atoms with Gasteiger partial charge in [0.1, 0.15) is 24.4 Å². The van der Waals surface area contributed by atoms with Crippen molar-refractivity contribution < 1.29 is 46.7 Å². The number of unbranched alkanes of at least 4 members (excludes halogenated alkanes) is 5. The van der Waals surface area contributed by atoms with E-state index in [-0.39, 0.29) is 36.9 Å². The van der Waals surface area contributed by atoms with Gasteiger partial charge in [0, 0.05) is 44.1 Å². The topological polar surface area (TPSA) is 161 Å². The van der Waals surface area contributed by atoms with Crippen LogP contribution in [-0.2, 0) is 50.4 Å². The van der Waals surface area contributed by atoms with Gasteiger partial charge in [0.05, 0.1) is 38.5 Å². The number of benzene rings is 2. The molecule has 0 saturated carbocycles. The first-order valence-electron chi connectivity index (χ1n) is 18.7. The second kappa shape index (κ2) is 23.7. The highest BCUT2D eigenvalue weighted by Gasteiger charge is 2.33. The van der Waals surface area contributed by atoms with Gasteiger partial charge in [-0.1, -0.05) is 32.3 Å². The molecule has 0 aliphatic heterocycles. The summed E-state index contributed by atoms with van der Waals surface area (Å²) in [6.07, 6.45) is 4.87. The zero-order valence-electron chi connectivity index (χ0n) is 31.8. The molecule has 56 heavy (non-hydrogen) atoms. The molecular formula is C39H50F3N7O7. The fraction of sp³-hybridized carbons (Fsp3) is 0.487. The lowest BCUT2D eigenvalue weighted by Crippen LogP contribution is -2.24. The summed E-state index contributed by atoms with van der Waals surface area (Å²) in [5, 5.41) is 14.2. The van der Waals surface area contributed by atoms with Crippen LogP contribution in [0.2, 0.25) is 0 Å². The maximum Gasteiger partial charge on any atom is 0.416 e. The van der Waals surface area contributed by atoms with E-state index in [4.69, 9.17) is 19.1 Å². The molecule has 0 aliphatic rings. The number of hydrogen-bond donors (Lipinski definition) is 2. The quantitative estimate of drug-likeness (QED) is 0.0387. The first kappa shape index (κ1) is 43.6. The van der Waals surface area contributed by atoms with E-state index in [0.717, 1.165) is 44.6 Å². The number of rotatable bonds is 26. The first-order chi connectivity index (χ1) is 27.2. The van der Waals surface area contributed by atoms with Crippen molar-refractivity contribution in [2.75, 3.05) is 45.0 Å². The van der Waals surface area contributed by atoms with Crippen LogP contribution < -0.4 is 15.4 Å². The zero-order chi connectivity index (χ0) is 40.0. The van der Waals surface area contributed by atoms with E-state index in [2.05, 4.69) is 42.6 Å². The van der Waals surface area contributed by atoms with Crippen molar-refractivity contribution in [3.8, 4) is 17.3 Å². The molecule has 304 valence electrons. The highest BCUT2D eigenvalue weighted by molar-refractivity contribution is 5.95. The Morgan fingerprint density at radius 1 is 0.839 bits per heavy atom. The van der Waals surface area contributed by atoms with Crippen molar-refractivity contribution in [1.29, 1.82) is 0 Å². The maximum atomic E-state index is 13.9. The smallest absolute Gasteiger partial charge is 0.416 e. The van der Waals surface area contributed by atoms with Gasteiger partial charge in [-0.2, -0.15) is 18.1 Å². The number of ether oxygens (including phenoxy) is 3. The number of anilines is 1. The van der Waals surface area contributed by atoms with Crippen molar-refractivity contribution in [2.45, 2.75) is 77.6 Å². The van der Waals surface area contributed by atoms with Gasteiger partial charge in [0.2, 0.25) is 0 Å². The molecule has 0 unspecified atom stereocenters. The second-order valence-electron chi connectivity index (χ2n) is 12.7. The summed E-state index contributed by atoms with van der Waals surface area (Å²) in [4.78, 5) is 42.1. The minimum Gasteiger partial charge on any atom is -0.494 e. The number of hydrogen-bond acceptors (Lipinski definition) is 12. The van der Waals surface area contributed by atoms with Crippen LogP contribution in [0.5, 0.6) is 5.75 Å². The summed E-state index contributed by atoms with van der Waals surface area (Å²) < 4.78 is 60.1. The molecule has 1 amide bonds. The highest BCUT2D eigenvalue weighted by Crippen LogP contribution is 2.34. The van der Waals surface area contributed by atoms with Gasteiger partial charge in [0.15, 0.2) is 11.6 Å². The SMILES string of the molecule is CCCCCC(=O)OOCCOCCOCCCCCCOc1ccc(C(F)(F)F)c(CNC(=O)c2cccc(NCc3nnc(-c4ccncn4)n3C)c2)c1. The van der Waals surface area contributed by atoms with Gasteiger partial charge in [-0.05, 0) is 73.7 Å². The van der Waals surface area contributed by atoms with Crippen LogP contribution in [0, 0.1) is 0 Å². The molecule has 0 bridgehead atoms. The Kier molecular flexibility index (Phi) is 18.5. The molecule has 0 fully saturated rings. The average molecular weight is 786 g/mol. The Morgan fingerprint density at radius 3 is 2.39 bits per heavy atom. The van der Waals surface area contributed by atoms with Gasteiger partial charge >= 0.3 is 12.1 Å². The molecule has 0 spiro atoms. The highest BCUT2D eigenvalue weighted by atomic mass is 19.4. The summed E-state index contributed by atoms with van der Waals surface area (Å²) in [6, 6.07) is 12.0. The molecule has 2 aromatic carbocycles. The van der Waals surface area contributed by atoms with E-state index >= 15 is 0 Å². The molecule has 14 nitrogen and oxygen atoms in total. The number of halogens is 3. The van der Waals surface area contributed by atoms with E-state index < -0.39 is 17.6 Å². The molecule has 0 aliphatic carbocycles. The summed E-state index contributed by atoms with van der Waals surface area (Å²) in [5.41, 5.74) is 0.565. The normalized spacial score (nSPS) is 11.4. The molecule has 2 aromatic heterocycles. The van der Waals surface area contributed by atoms with E-state index in [1.165, 1.54) is 18.5 Å². The van der Waals surface area contributed by atoms with Gasteiger partial charge in [0.25, 0.3) is 5.91 Å². The Labute approximate surface area is 324 Å². The number of carbonyl (C=O) groups is 2. The summed E-state index contributed by atoms with van der Waals surface area (Å²) in [7, 11) is 1.81.